The Bertz CT molecular complexity index is 1830. The molecule has 0 spiro atoms. The van der Waals surface area contributed by atoms with E-state index in [0.717, 1.165) is 70.6 Å². The number of carbonyl (C=O) groups excluding carboxylic acids is 3. The predicted molar refractivity (Wildman–Crippen MR) is 417 cm³/mol. The number of nitrogens with zero attached hydrogens (tertiary/aromatic N) is 1. The van der Waals surface area contributed by atoms with E-state index < -0.39 is 24.3 Å². The molecule has 0 fully saturated rings. The molecule has 9 nitrogen and oxygen atoms in total. The number of carboxylic acid groups (broad SMARTS) is 1. The highest BCUT2D eigenvalue weighted by Gasteiger charge is 2.22. The van der Waals surface area contributed by atoms with Gasteiger partial charge >= 0.3 is 11.9 Å². The fourth-order valence-corrected chi connectivity index (χ4v) is 12.6. The number of unbranched alkanes of at least 4 members (excludes halogenated alkanes) is 52. The van der Waals surface area contributed by atoms with Gasteiger partial charge in [-0.15, -0.1) is 0 Å². The lowest BCUT2D eigenvalue weighted by molar-refractivity contribution is -0.870. The molecule has 0 heterocycles. The molecule has 0 aliphatic heterocycles. The van der Waals surface area contributed by atoms with E-state index in [-0.39, 0.29) is 32.2 Å². The number of ether oxygens (including phenoxy) is 4. The number of quaternary nitrogens is 1. The SMILES string of the molecule is CC/C=C\C/C=C\C/C=C\C/C=C\CCCCCCCCCCCCCCCCCCCCCCCCCCCCC(=O)OC(COC(=O)CCCCCCCCCCCCCCCCCCCCCCC/C=C\C/C=C\CCCCCCC)COC(OCC[N+](C)(C)C)C(=O)[O-]. The standard InChI is InChI=1S/C88H161NO8/c1-6-8-10-12-14-16-18-20-22-24-26-28-30-32-34-36-38-40-41-42-43-44-45-47-49-51-53-55-57-59-61-63-65-67-69-71-73-75-77-79-86(91)97-84(83-96-88(87(92)93)94-81-80-89(3,4)5)82-95-85(90)78-76-74-72-70-68-66-64-62-60-58-56-54-52-50-48-46-39-37-35-33-31-29-27-25-23-21-19-17-15-13-11-9-7-2/h8,10,14,16,19-22,25-28,84,88H,6-7,9,11-13,15,17-18,23-24,29-83H2,1-5H3/b10-8-,16-14-,21-19-,22-20-,27-25-,28-26-. The Morgan fingerprint density at radius 3 is 0.876 bits per heavy atom. The summed E-state index contributed by atoms with van der Waals surface area (Å²) < 4.78 is 22.9. The summed E-state index contributed by atoms with van der Waals surface area (Å²) in [6, 6.07) is 0. The Morgan fingerprint density at radius 2 is 0.588 bits per heavy atom. The van der Waals surface area contributed by atoms with Crippen molar-refractivity contribution in [3.05, 3.63) is 72.9 Å². The van der Waals surface area contributed by atoms with Crippen molar-refractivity contribution in [3.63, 3.8) is 0 Å². The number of esters is 2. The summed E-state index contributed by atoms with van der Waals surface area (Å²) in [5, 5.41) is 11.9. The van der Waals surface area contributed by atoms with Crippen LogP contribution in [0.5, 0.6) is 0 Å². The average Bonchev–Trinajstić information content (AvgIpc) is 2.39. The number of hydrogen-bond donors (Lipinski definition) is 0. The van der Waals surface area contributed by atoms with E-state index in [1.54, 1.807) is 0 Å². The van der Waals surface area contributed by atoms with E-state index in [2.05, 4.69) is 86.8 Å². The van der Waals surface area contributed by atoms with Crippen LogP contribution in [0.4, 0.5) is 0 Å². The molecule has 0 N–H and O–H groups in total. The minimum absolute atomic E-state index is 0.150. The second kappa shape index (κ2) is 78.4. The Labute approximate surface area is 602 Å². The quantitative estimate of drug-likeness (QED) is 0.0195. The highest BCUT2D eigenvalue weighted by atomic mass is 16.7. The van der Waals surface area contributed by atoms with Crippen molar-refractivity contribution >= 4 is 17.9 Å². The number of carbonyl (C=O) groups is 3. The third-order valence-electron chi connectivity index (χ3n) is 18.9. The van der Waals surface area contributed by atoms with Gasteiger partial charge in [-0.3, -0.25) is 9.59 Å². The first-order valence-corrected chi connectivity index (χ1v) is 42.1. The third kappa shape index (κ3) is 79.9. The molecule has 0 saturated carbocycles. The number of likely N-dealkylation sites (N-methyl/N-ethyl adjacent to an activating group) is 1. The maximum atomic E-state index is 13.0. The summed E-state index contributed by atoms with van der Waals surface area (Å²) in [5.74, 6) is -2.25. The van der Waals surface area contributed by atoms with Gasteiger partial charge in [0.25, 0.3) is 0 Å². The molecule has 0 aromatic carbocycles. The normalized spacial score (nSPS) is 13.0. The van der Waals surface area contributed by atoms with Crippen molar-refractivity contribution < 1.29 is 42.9 Å². The predicted octanol–water partition coefficient (Wildman–Crippen LogP) is 25.8. The molecule has 2 atom stereocenters. The van der Waals surface area contributed by atoms with Crippen molar-refractivity contribution in [2.75, 3.05) is 47.5 Å². The number of aliphatic carboxylic acids is 1. The average molecular weight is 1360 g/mol. The van der Waals surface area contributed by atoms with Crippen molar-refractivity contribution in [1.29, 1.82) is 0 Å². The van der Waals surface area contributed by atoms with E-state index in [1.807, 2.05) is 21.1 Å². The third-order valence-corrected chi connectivity index (χ3v) is 18.9. The highest BCUT2D eigenvalue weighted by molar-refractivity contribution is 5.70. The van der Waals surface area contributed by atoms with Crippen LogP contribution in [0.3, 0.4) is 0 Å². The number of allylic oxidation sites excluding steroid dienone is 12. The second-order valence-electron chi connectivity index (χ2n) is 29.7. The topological polar surface area (TPSA) is 111 Å². The van der Waals surface area contributed by atoms with Gasteiger partial charge in [0, 0.05) is 12.8 Å². The molecule has 97 heavy (non-hydrogen) atoms. The van der Waals surface area contributed by atoms with Crippen molar-refractivity contribution in [1.82, 2.24) is 0 Å². The van der Waals surface area contributed by atoms with Gasteiger partial charge in [0.05, 0.1) is 40.3 Å². The summed E-state index contributed by atoms with van der Waals surface area (Å²) in [6.45, 7) is 4.70. The van der Waals surface area contributed by atoms with E-state index in [0.29, 0.717) is 17.4 Å². The van der Waals surface area contributed by atoms with Gasteiger partial charge in [0.2, 0.25) is 0 Å². The molecule has 0 aromatic heterocycles. The largest absolute Gasteiger partial charge is 0.545 e. The van der Waals surface area contributed by atoms with Gasteiger partial charge in [0.15, 0.2) is 12.4 Å². The smallest absolute Gasteiger partial charge is 0.306 e. The van der Waals surface area contributed by atoms with Crippen molar-refractivity contribution in [3.8, 4) is 0 Å². The molecular weight excluding hydrogens is 1200 g/mol. The van der Waals surface area contributed by atoms with E-state index in [9.17, 15) is 19.5 Å². The molecule has 0 amide bonds. The van der Waals surface area contributed by atoms with E-state index >= 15 is 0 Å². The number of carboxylic acids is 1. The number of rotatable bonds is 79. The van der Waals surface area contributed by atoms with Gasteiger partial charge in [-0.25, -0.2) is 0 Å². The summed E-state index contributed by atoms with van der Waals surface area (Å²) in [4.78, 5) is 37.6. The van der Waals surface area contributed by atoms with Crippen LogP contribution in [0.15, 0.2) is 72.9 Å². The fourth-order valence-electron chi connectivity index (χ4n) is 12.6. The highest BCUT2D eigenvalue weighted by Crippen LogP contribution is 2.20. The zero-order valence-corrected chi connectivity index (χ0v) is 65.0. The van der Waals surface area contributed by atoms with Gasteiger partial charge < -0.3 is 33.3 Å². The second-order valence-corrected chi connectivity index (χ2v) is 29.7. The lowest BCUT2D eigenvalue weighted by Gasteiger charge is -2.26. The summed E-state index contributed by atoms with van der Waals surface area (Å²) in [6.07, 6.45) is 103. The monoisotopic (exact) mass is 1360 g/mol. The molecule has 0 saturated heterocycles. The minimum Gasteiger partial charge on any atom is -0.545 e. The molecule has 0 aliphatic rings. The van der Waals surface area contributed by atoms with E-state index in [4.69, 9.17) is 18.9 Å². The minimum atomic E-state index is -1.62. The molecule has 0 radical (unpaired) electrons. The first kappa shape index (κ1) is 93.7. The molecular formula is C88H161NO8. The fraction of sp³-hybridized carbons (Fsp3) is 0.830. The van der Waals surface area contributed by atoms with Gasteiger partial charge in [0.1, 0.15) is 13.2 Å². The lowest BCUT2D eigenvalue weighted by atomic mass is 10.0. The van der Waals surface area contributed by atoms with Gasteiger partial charge in [-0.05, 0) is 83.5 Å². The van der Waals surface area contributed by atoms with Crippen LogP contribution in [0.1, 0.15) is 412 Å². The van der Waals surface area contributed by atoms with Crippen LogP contribution < -0.4 is 5.11 Å². The molecule has 2 unspecified atom stereocenters. The Balaban J connectivity index is 3.94. The molecule has 0 bridgehead atoms. The molecule has 0 rings (SSSR count). The van der Waals surface area contributed by atoms with Crippen LogP contribution in [-0.2, 0) is 33.3 Å². The lowest BCUT2D eigenvalue weighted by Crippen LogP contribution is -2.44. The summed E-state index contributed by atoms with van der Waals surface area (Å²) >= 11 is 0. The molecule has 566 valence electrons. The van der Waals surface area contributed by atoms with Crippen LogP contribution in [-0.4, -0.2) is 82.3 Å². The zero-order chi connectivity index (χ0) is 70.4. The Hall–Kier alpha value is -3.27. The molecule has 9 heteroatoms. The van der Waals surface area contributed by atoms with Gasteiger partial charge in [-0.1, -0.05) is 389 Å². The Morgan fingerprint density at radius 1 is 0.320 bits per heavy atom. The van der Waals surface area contributed by atoms with Crippen LogP contribution >= 0.6 is 0 Å². The van der Waals surface area contributed by atoms with Crippen LogP contribution in [0.25, 0.3) is 0 Å². The maximum Gasteiger partial charge on any atom is 0.306 e. The van der Waals surface area contributed by atoms with Crippen molar-refractivity contribution in [2.45, 2.75) is 424 Å². The summed E-state index contributed by atoms with van der Waals surface area (Å²) in [7, 11) is 5.95. The zero-order valence-electron chi connectivity index (χ0n) is 65.0. The van der Waals surface area contributed by atoms with E-state index in [1.165, 1.54) is 315 Å². The molecule has 0 aromatic rings. The van der Waals surface area contributed by atoms with Gasteiger partial charge in [-0.2, -0.15) is 0 Å². The molecule has 0 aliphatic carbocycles. The summed E-state index contributed by atoms with van der Waals surface area (Å²) in [5.41, 5.74) is 0. The van der Waals surface area contributed by atoms with Crippen molar-refractivity contribution in [2.24, 2.45) is 0 Å². The van der Waals surface area contributed by atoms with Crippen LogP contribution in [0.2, 0.25) is 0 Å². The van der Waals surface area contributed by atoms with Crippen LogP contribution in [0, 0.1) is 0 Å². The number of hydrogen-bond acceptors (Lipinski definition) is 8. The first-order valence-electron chi connectivity index (χ1n) is 42.1. The maximum absolute atomic E-state index is 13.0. The first-order chi connectivity index (χ1) is 47.6. The Kier molecular flexibility index (Phi) is 75.8.